The van der Waals surface area contributed by atoms with Crippen LogP contribution in [0.15, 0.2) is 30.5 Å². The van der Waals surface area contributed by atoms with Crippen molar-refractivity contribution >= 4 is 5.91 Å². The van der Waals surface area contributed by atoms with Crippen LogP contribution in [0, 0.1) is 6.92 Å². The zero-order valence-corrected chi connectivity index (χ0v) is 12.5. The van der Waals surface area contributed by atoms with Crippen molar-refractivity contribution in [3.8, 4) is 0 Å². The molecule has 0 aliphatic heterocycles. The molecule has 0 unspecified atom stereocenters. The average molecular weight is 287 g/mol. The van der Waals surface area contributed by atoms with Crippen LogP contribution in [0.5, 0.6) is 0 Å². The van der Waals surface area contributed by atoms with Crippen LogP contribution < -0.4 is 5.73 Å². The highest BCUT2D eigenvalue weighted by Gasteiger charge is 2.14. The standard InChI is InChI=1S/C15H21N5O/c1-3-19(9-13-7-5-4-6-12(13)2)15(21)11-20-10-14(8-16)17-18-20/h4-7,10H,3,8-9,11,16H2,1-2H3. The van der Waals surface area contributed by atoms with Crippen molar-refractivity contribution in [3.05, 3.63) is 47.3 Å². The molecule has 0 fully saturated rings. The SMILES string of the molecule is CCN(Cc1ccccc1C)C(=O)Cn1cc(CN)nn1. The van der Waals surface area contributed by atoms with Crippen LogP contribution in [0.3, 0.4) is 0 Å². The zero-order valence-electron chi connectivity index (χ0n) is 12.5. The minimum absolute atomic E-state index is 0.0224. The number of benzene rings is 1. The van der Waals surface area contributed by atoms with Crippen molar-refractivity contribution in [1.82, 2.24) is 19.9 Å². The number of nitrogens with zero attached hydrogens (tertiary/aromatic N) is 4. The second kappa shape index (κ2) is 6.99. The molecule has 0 radical (unpaired) electrons. The molecule has 21 heavy (non-hydrogen) atoms. The molecule has 1 aromatic heterocycles. The van der Waals surface area contributed by atoms with Gasteiger partial charge in [0.2, 0.25) is 5.91 Å². The number of nitrogens with two attached hydrogens (primary N) is 1. The summed E-state index contributed by atoms with van der Waals surface area (Å²) in [6.07, 6.45) is 1.71. The first-order chi connectivity index (χ1) is 10.1. The number of carbonyl (C=O) groups is 1. The van der Waals surface area contributed by atoms with Crippen molar-refractivity contribution in [2.24, 2.45) is 5.73 Å². The van der Waals surface area contributed by atoms with Gasteiger partial charge in [0.25, 0.3) is 0 Å². The zero-order chi connectivity index (χ0) is 15.2. The Labute approximate surface area is 124 Å². The monoisotopic (exact) mass is 287 g/mol. The maximum atomic E-state index is 12.4. The lowest BCUT2D eigenvalue weighted by Crippen LogP contribution is -2.33. The highest BCUT2D eigenvalue weighted by atomic mass is 16.2. The van der Waals surface area contributed by atoms with Gasteiger partial charge in [0.15, 0.2) is 0 Å². The molecule has 112 valence electrons. The van der Waals surface area contributed by atoms with Gasteiger partial charge >= 0.3 is 0 Å². The molecule has 6 heteroatoms. The van der Waals surface area contributed by atoms with Gasteiger partial charge in [-0.15, -0.1) is 5.10 Å². The molecule has 6 nitrogen and oxygen atoms in total. The second-order valence-corrected chi connectivity index (χ2v) is 4.95. The third-order valence-electron chi connectivity index (χ3n) is 3.45. The summed E-state index contributed by atoms with van der Waals surface area (Å²) >= 11 is 0. The molecule has 0 saturated carbocycles. The predicted molar refractivity (Wildman–Crippen MR) is 80.2 cm³/mol. The Morgan fingerprint density at radius 1 is 1.38 bits per heavy atom. The molecule has 0 bridgehead atoms. The molecule has 2 N–H and O–H groups in total. The van der Waals surface area contributed by atoms with E-state index in [2.05, 4.69) is 23.3 Å². The second-order valence-electron chi connectivity index (χ2n) is 4.95. The lowest BCUT2D eigenvalue weighted by atomic mass is 10.1. The lowest BCUT2D eigenvalue weighted by molar-refractivity contribution is -0.132. The van der Waals surface area contributed by atoms with Crippen LogP contribution in [-0.2, 0) is 24.4 Å². The molecule has 2 rings (SSSR count). The molecule has 0 saturated heterocycles. The van der Waals surface area contributed by atoms with E-state index in [0.29, 0.717) is 25.3 Å². The molecule has 0 aliphatic carbocycles. The van der Waals surface area contributed by atoms with Crippen molar-refractivity contribution in [3.63, 3.8) is 0 Å². The van der Waals surface area contributed by atoms with Gasteiger partial charge in [0.1, 0.15) is 6.54 Å². The molecule has 1 heterocycles. The van der Waals surface area contributed by atoms with Gasteiger partial charge in [-0.25, -0.2) is 4.68 Å². The van der Waals surface area contributed by atoms with Crippen LogP contribution in [0.2, 0.25) is 0 Å². The first-order valence-corrected chi connectivity index (χ1v) is 7.05. The van der Waals surface area contributed by atoms with Crippen LogP contribution in [0.1, 0.15) is 23.7 Å². The topological polar surface area (TPSA) is 77.0 Å². The lowest BCUT2D eigenvalue weighted by Gasteiger charge is -2.21. The van der Waals surface area contributed by atoms with Gasteiger partial charge in [0.05, 0.1) is 11.9 Å². The Morgan fingerprint density at radius 3 is 2.76 bits per heavy atom. The Hall–Kier alpha value is -2.21. The van der Waals surface area contributed by atoms with E-state index in [-0.39, 0.29) is 12.5 Å². The number of likely N-dealkylation sites (N-methyl/N-ethyl adjacent to an activating group) is 1. The molecule has 0 spiro atoms. The van der Waals surface area contributed by atoms with E-state index < -0.39 is 0 Å². The number of hydrogen-bond acceptors (Lipinski definition) is 4. The van der Waals surface area contributed by atoms with Crippen LogP contribution in [0.4, 0.5) is 0 Å². The number of aryl methyl sites for hydroxylation is 1. The maximum absolute atomic E-state index is 12.4. The summed E-state index contributed by atoms with van der Waals surface area (Å²) in [5.41, 5.74) is 8.52. The fourth-order valence-electron chi connectivity index (χ4n) is 2.12. The Kier molecular flexibility index (Phi) is 5.05. The molecule has 1 aromatic carbocycles. The minimum atomic E-state index is 0.0224. The van der Waals surface area contributed by atoms with Gasteiger partial charge in [-0.1, -0.05) is 29.5 Å². The van der Waals surface area contributed by atoms with Crippen molar-refractivity contribution in [1.29, 1.82) is 0 Å². The van der Waals surface area contributed by atoms with E-state index in [0.717, 1.165) is 5.56 Å². The van der Waals surface area contributed by atoms with Gasteiger partial charge in [-0.05, 0) is 25.0 Å². The molecular weight excluding hydrogens is 266 g/mol. The summed E-state index contributed by atoms with van der Waals surface area (Å²) in [6.45, 7) is 5.81. The number of aromatic nitrogens is 3. The fourth-order valence-corrected chi connectivity index (χ4v) is 2.12. The third kappa shape index (κ3) is 3.88. The molecule has 1 amide bonds. The smallest absolute Gasteiger partial charge is 0.244 e. The molecule has 2 aromatic rings. The fraction of sp³-hybridized carbons (Fsp3) is 0.400. The van der Waals surface area contributed by atoms with Crippen LogP contribution in [-0.4, -0.2) is 32.3 Å². The van der Waals surface area contributed by atoms with Crippen LogP contribution in [0.25, 0.3) is 0 Å². The highest BCUT2D eigenvalue weighted by Crippen LogP contribution is 2.11. The maximum Gasteiger partial charge on any atom is 0.244 e. The first kappa shape index (κ1) is 15.2. The Bertz CT molecular complexity index is 608. The van der Waals surface area contributed by atoms with E-state index in [1.807, 2.05) is 30.0 Å². The van der Waals surface area contributed by atoms with Gasteiger partial charge in [-0.3, -0.25) is 4.79 Å². The number of carbonyl (C=O) groups excluding carboxylic acids is 1. The Balaban J connectivity index is 2.03. The van der Waals surface area contributed by atoms with E-state index in [4.69, 9.17) is 5.73 Å². The summed E-state index contributed by atoms with van der Waals surface area (Å²) in [5.74, 6) is 0.0224. The summed E-state index contributed by atoms with van der Waals surface area (Å²) in [4.78, 5) is 14.2. The van der Waals surface area contributed by atoms with Crippen LogP contribution >= 0.6 is 0 Å². The minimum Gasteiger partial charge on any atom is -0.337 e. The number of rotatable bonds is 6. The number of hydrogen-bond donors (Lipinski definition) is 1. The van der Waals surface area contributed by atoms with Crippen molar-refractivity contribution in [2.45, 2.75) is 33.5 Å². The molecular formula is C15H21N5O. The molecule has 0 aliphatic rings. The summed E-state index contributed by atoms with van der Waals surface area (Å²) in [5, 5.41) is 7.80. The molecule has 0 atom stereocenters. The summed E-state index contributed by atoms with van der Waals surface area (Å²) in [7, 11) is 0. The summed E-state index contributed by atoms with van der Waals surface area (Å²) < 4.78 is 1.53. The van der Waals surface area contributed by atoms with E-state index >= 15 is 0 Å². The van der Waals surface area contributed by atoms with Gasteiger partial charge < -0.3 is 10.6 Å². The van der Waals surface area contributed by atoms with Gasteiger partial charge in [-0.2, -0.15) is 0 Å². The van der Waals surface area contributed by atoms with Crippen molar-refractivity contribution in [2.75, 3.05) is 6.54 Å². The third-order valence-corrected chi connectivity index (χ3v) is 3.45. The summed E-state index contributed by atoms with van der Waals surface area (Å²) in [6, 6.07) is 8.10. The quantitative estimate of drug-likeness (QED) is 0.863. The van der Waals surface area contributed by atoms with E-state index in [1.165, 1.54) is 10.2 Å². The van der Waals surface area contributed by atoms with E-state index in [9.17, 15) is 4.79 Å². The number of amides is 1. The highest BCUT2D eigenvalue weighted by molar-refractivity contribution is 5.75. The normalized spacial score (nSPS) is 10.6. The van der Waals surface area contributed by atoms with E-state index in [1.54, 1.807) is 6.20 Å². The predicted octanol–water partition coefficient (Wildman–Crippen LogP) is 1.09. The average Bonchev–Trinajstić information content (AvgIpc) is 2.94. The van der Waals surface area contributed by atoms with Gasteiger partial charge in [0, 0.05) is 19.6 Å². The largest absolute Gasteiger partial charge is 0.337 e. The first-order valence-electron chi connectivity index (χ1n) is 7.05. The van der Waals surface area contributed by atoms with Crippen molar-refractivity contribution < 1.29 is 4.79 Å². The Morgan fingerprint density at radius 2 is 2.14 bits per heavy atom.